The second-order valence-electron chi connectivity index (χ2n) is 14.1. The minimum atomic E-state index is 0.136. The molecule has 256 valence electrons. The molecule has 46 heavy (non-hydrogen) atoms. The van der Waals surface area contributed by atoms with Gasteiger partial charge in [0, 0.05) is 84.7 Å². The fourth-order valence-corrected chi connectivity index (χ4v) is 9.51. The van der Waals surface area contributed by atoms with Crippen LogP contribution < -0.4 is 5.73 Å². The molecule has 2 aromatic carbocycles. The highest BCUT2D eigenvalue weighted by molar-refractivity contribution is 7.99. The lowest BCUT2D eigenvalue weighted by Crippen LogP contribution is -2.42. The number of nitrogens with zero attached hydrogens (tertiary/aromatic N) is 3. The van der Waals surface area contributed by atoms with Crippen molar-refractivity contribution in [3.63, 3.8) is 0 Å². The van der Waals surface area contributed by atoms with Crippen LogP contribution in [0, 0.1) is 0 Å². The molecule has 6 nitrogen and oxygen atoms in total. The van der Waals surface area contributed by atoms with Gasteiger partial charge in [-0.1, -0.05) is 24.3 Å². The highest BCUT2D eigenvalue weighted by Gasteiger charge is 2.35. The summed E-state index contributed by atoms with van der Waals surface area (Å²) in [6.07, 6.45) is 9.89. The molecule has 4 aliphatic heterocycles. The van der Waals surface area contributed by atoms with Crippen molar-refractivity contribution in [3.8, 4) is 0 Å². The average Bonchev–Trinajstić information content (AvgIpc) is 3.81. The Hall–Kier alpha value is -1.10. The second-order valence-corrected chi connectivity index (χ2v) is 16.4. The van der Waals surface area contributed by atoms with Gasteiger partial charge in [-0.3, -0.25) is 0 Å². The molecule has 4 fully saturated rings. The van der Waals surface area contributed by atoms with Crippen molar-refractivity contribution in [2.75, 3.05) is 104 Å². The fraction of sp³-hybridized carbons (Fsp3) is 0.684. The predicted octanol–water partition coefficient (Wildman–Crippen LogP) is 6.37. The van der Waals surface area contributed by atoms with E-state index in [1.165, 1.54) is 97.4 Å². The summed E-state index contributed by atoms with van der Waals surface area (Å²) in [5.41, 5.74) is 9.37. The van der Waals surface area contributed by atoms with Crippen LogP contribution in [0.2, 0.25) is 0 Å². The van der Waals surface area contributed by atoms with Crippen LogP contribution >= 0.6 is 23.5 Å². The van der Waals surface area contributed by atoms with E-state index in [9.17, 15) is 0 Å². The van der Waals surface area contributed by atoms with Crippen molar-refractivity contribution in [2.24, 2.45) is 5.73 Å². The molecule has 0 bridgehead atoms. The van der Waals surface area contributed by atoms with Crippen molar-refractivity contribution >= 4 is 23.5 Å². The maximum absolute atomic E-state index is 6.09. The third kappa shape index (κ3) is 10.4. The minimum Gasteiger partial charge on any atom is -0.381 e. The summed E-state index contributed by atoms with van der Waals surface area (Å²) >= 11 is 3.97. The van der Waals surface area contributed by atoms with Gasteiger partial charge in [0.05, 0.1) is 0 Å². The van der Waals surface area contributed by atoms with Crippen molar-refractivity contribution in [2.45, 2.75) is 72.0 Å². The highest BCUT2D eigenvalue weighted by Crippen LogP contribution is 2.37. The van der Waals surface area contributed by atoms with Gasteiger partial charge in [0.2, 0.25) is 0 Å². The molecule has 4 aliphatic rings. The number of nitrogens with two attached hydrogens (primary N) is 1. The van der Waals surface area contributed by atoms with Gasteiger partial charge < -0.3 is 29.9 Å². The SMILES string of the molecule is CN(C)CC1(c2ccc(SCCN3CCCC3)cc2)CCOCC1.NCC1(c2ccc(SCCN3CCCC3)cc2)CCOCC1. The maximum atomic E-state index is 6.09. The Morgan fingerprint density at radius 1 is 0.630 bits per heavy atom. The Morgan fingerprint density at radius 3 is 1.41 bits per heavy atom. The van der Waals surface area contributed by atoms with Crippen molar-refractivity contribution < 1.29 is 9.47 Å². The first-order chi connectivity index (χ1) is 22.5. The Labute approximate surface area is 288 Å². The first-order valence-corrected chi connectivity index (χ1v) is 19.9. The van der Waals surface area contributed by atoms with Gasteiger partial charge in [-0.25, -0.2) is 0 Å². The van der Waals surface area contributed by atoms with Crippen LogP contribution in [0.15, 0.2) is 58.3 Å². The van der Waals surface area contributed by atoms with Crippen LogP contribution in [-0.2, 0) is 20.3 Å². The van der Waals surface area contributed by atoms with Crippen LogP contribution in [0.25, 0.3) is 0 Å². The molecule has 4 saturated heterocycles. The number of benzene rings is 2. The molecule has 0 radical (unpaired) electrons. The highest BCUT2D eigenvalue weighted by atomic mass is 32.2. The van der Waals surface area contributed by atoms with Crippen LogP contribution in [0.5, 0.6) is 0 Å². The van der Waals surface area contributed by atoms with Gasteiger partial charge in [-0.05, 0) is 127 Å². The normalized spacial score (nSPS) is 21.7. The first-order valence-electron chi connectivity index (χ1n) is 17.9. The summed E-state index contributed by atoms with van der Waals surface area (Å²) in [6, 6.07) is 18.5. The van der Waals surface area contributed by atoms with Gasteiger partial charge in [-0.2, -0.15) is 0 Å². The lowest BCUT2D eigenvalue weighted by molar-refractivity contribution is 0.0401. The summed E-state index contributed by atoms with van der Waals surface area (Å²) < 4.78 is 11.1. The Bertz CT molecular complexity index is 1120. The van der Waals surface area contributed by atoms with E-state index in [1.54, 1.807) is 0 Å². The number of ether oxygens (including phenoxy) is 2. The molecule has 0 aliphatic carbocycles. The summed E-state index contributed by atoms with van der Waals surface area (Å²) in [6.45, 7) is 12.9. The molecule has 0 atom stereocenters. The van der Waals surface area contributed by atoms with Gasteiger partial charge in [0.15, 0.2) is 0 Å². The van der Waals surface area contributed by atoms with E-state index < -0.39 is 0 Å². The minimum absolute atomic E-state index is 0.136. The third-order valence-electron chi connectivity index (χ3n) is 10.6. The zero-order valence-corrected chi connectivity index (χ0v) is 30.4. The molecule has 0 saturated carbocycles. The van der Waals surface area contributed by atoms with E-state index in [1.807, 2.05) is 23.5 Å². The third-order valence-corrected chi connectivity index (χ3v) is 12.6. The van der Waals surface area contributed by atoms with Crippen LogP contribution in [-0.4, -0.2) is 119 Å². The molecule has 0 unspecified atom stereocenters. The van der Waals surface area contributed by atoms with Gasteiger partial charge >= 0.3 is 0 Å². The largest absolute Gasteiger partial charge is 0.381 e. The molecule has 0 amide bonds. The van der Waals surface area contributed by atoms with E-state index in [0.29, 0.717) is 0 Å². The summed E-state index contributed by atoms with van der Waals surface area (Å²) in [5, 5.41) is 0. The van der Waals surface area contributed by atoms with E-state index in [-0.39, 0.29) is 10.8 Å². The monoisotopic (exact) mass is 668 g/mol. The molecular formula is C38H60N4O2S2. The van der Waals surface area contributed by atoms with Crippen molar-refractivity contribution in [3.05, 3.63) is 59.7 Å². The van der Waals surface area contributed by atoms with Gasteiger partial charge in [0.1, 0.15) is 0 Å². The van der Waals surface area contributed by atoms with Crippen LogP contribution in [0.4, 0.5) is 0 Å². The number of hydrogen-bond acceptors (Lipinski definition) is 8. The van der Waals surface area contributed by atoms with E-state index in [4.69, 9.17) is 15.2 Å². The zero-order chi connectivity index (χ0) is 32.1. The molecular weight excluding hydrogens is 609 g/mol. The molecule has 0 aromatic heterocycles. The number of rotatable bonds is 13. The molecule has 8 heteroatoms. The summed E-state index contributed by atoms with van der Waals surface area (Å²) in [5.74, 6) is 2.39. The van der Waals surface area contributed by atoms with Crippen LogP contribution in [0.3, 0.4) is 0 Å². The standard InChI is InChI=1S/C20H32N2OS.C18H28N2OS/c1-21(2)17-20(9-14-23-15-10-20)18-5-7-19(8-6-18)24-16-13-22-11-3-4-12-22;19-15-18(7-12-21-13-8-18)16-3-5-17(6-4-16)22-14-11-20-9-1-2-10-20/h5-8H,3-4,9-17H2,1-2H3;3-6H,1-2,7-15,19H2. The first kappa shape index (κ1) is 36.2. The smallest absolute Gasteiger partial charge is 0.0475 e. The molecule has 2 N–H and O–H groups in total. The number of thioether (sulfide) groups is 2. The predicted molar refractivity (Wildman–Crippen MR) is 197 cm³/mol. The number of likely N-dealkylation sites (N-methyl/N-ethyl adjacent to an activating group) is 1. The van der Waals surface area contributed by atoms with Gasteiger partial charge in [0.25, 0.3) is 0 Å². The van der Waals surface area contributed by atoms with E-state index in [0.717, 1.165) is 65.2 Å². The molecule has 4 heterocycles. The quantitative estimate of drug-likeness (QED) is 0.248. The fourth-order valence-electron chi connectivity index (χ4n) is 7.69. The van der Waals surface area contributed by atoms with Crippen LogP contribution in [0.1, 0.15) is 62.5 Å². The summed E-state index contributed by atoms with van der Waals surface area (Å²) in [7, 11) is 4.36. The van der Waals surface area contributed by atoms with Crippen molar-refractivity contribution in [1.29, 1.82) is 0 Å². The Kier molecular flexibility index (Phi) is 14.6. The Morgan fingerprint density at radius 2 is 1.02 bits per heavy atom. The molecule has 0 spiro atoms. The zero-order valence-electron chi connectivity index (χ0n) is 28.7. The lowest BCUT2D eigenvalue weighted by Gasteiger charge is -2.40. The summed E-state index contributed by atoms with van der Waals surface area (Å²) in [4.78, 5) is 10.3. The molecule has 6 rings (SSSR count). The van der Waals surface area contributed by atoms with Gasteiger partial charge in [-0.15, -0.1) is 23.5 Å². The number of likely N-dealkylation sites (tertiary alicyclic amines) is 2. The molecule has 2 aromatic rings. The average molecular weight is 669 g/mol. The maximum Gasteiger partial charge on any atom is 0.0475 e. The number of hydrogen-bond donors (Lipinski definition) is 1. The lowest BCUT2D eigenvalue weighted by atomic mass is 9.74. The van der Waals surface area contributed by atoms with Crippen molar-refractivity contribution in [1.82, 2.24) is 14.7 Å². The van der Waals surface area contributed by atoms with E-state index >= 15 is 0 Å². The topological polar surface area (TPSA) is 54.2 Å². The Balaban J connectivity index is 0.000000182. The second kappa shape index (κ2) is 18.6. The van der Waals surface area contributed by atoms with E-state index in [2.05, 4.69) is 77.3 Å².